The third-order valence-corrected chi connectivity index (χ3v) is 3.03. The van der Waals surface area contributed by atoms with Gasteiger partial charge in [-0.05, 0) is 25.3 Å². The molecule has 0 saturated carbocycles. The molecule has 0 fully saturated rings. The predicted molar refractivity (Wildman–Crippen MR) is 78.1 cm³/mol. The van der Waals surface area contributed by atoms with Crippen molar-refractivity contribution in [3.8, 4) is 0 Å². The molecule has 0 aliphatic heterocycles. The van der Waals surface area contributed by atoms with Gasteiger partial charge in [-0.15, -0.1) is 0 Å². The lowest BCUT2D eigenvalue weighted by Crippen LogP contribution is -2.34. The zero-order valence-electron chi connectivity index (χ0n) is 11.4. The Balaban J connectivity index is 1.87. The summed E-state index contributed by atoms with van der Waals surface area (Å²) in [6.45, 7) is 1.97. The highest BCUT2D eigenvalue weighted by Crippen LogP contribution is 2.07. The molecule has 0 bridgehead atoms. The molecule has 1 aromatic heterocycles. The van der Waals surface area contributed by atoms with Gasteiger partial charge in [0.15, 0.2) is 11.5 Å². The molecule has 1 amide bonds. The Morgan fingerprint density at radius 2 is 1.95 bits per heavy atom. The smallest absolute Gasteiger partial charge is 0.273 e. The minimum absolute atomic E-state index is 0.0455. The Morgan fingerprint density at radius 1 is 1.25 bits per heavy atom. The second-order valence-electron chi connectivity index (χ2n) is 4.69. The Morgan fingerprint density at radius 3 is 2.65 bits per heavy atom. The van der Waals surface area contributed by atoms with Crippen LogP contribution in [0.25, 0.3) is 0 Å². The lowest BCUT2D eigenvalue weighted by atomic mass is 10.1. The van der Waals surface area contributed by atoms with Crippen molar-refractivity contribution in [3.05, 3.63) is 54.0 Å². The van der Waals surface area contributed by atoms with Crippen LogP contribution in [-0.2, 0) is 6.42 Å². The molecular formula is C15H18N4O. The minimum Gasteiger partial charge on any atom is -0.382 e. The molecule has 0 aliphatic carbocycles. The van der Waals surface area contributed by atoms with E-state index in [0.29, 0.717) is 0 Å². The van der Waals surface area contributed by atoms with E-state index in [1.54, 1.807) is 0 Å². The van der Waals surface area contributed by atoms with E-state index in [-0.39, 0.29) is 23.5 Å². The highest BCUT2D eigenvalue weighted by Gasteiger charge is 2.14. The van der Waals surface area contributed by atoms with Gasteiger partial charge in [-0.1, -0.05) is 30.3 Å². The van der Waals surface area contributed by atoms with Crippen molar-refractivity contribution in [2.45, 2.75) is 25.8 Å². The number of rotatable bonds is 5. The van der Waals surface area contributed by atoms with Crippen LogP contribution in [0.1, 0.15) is 29.4 Å². The van der Waals surface area contributed by atoms with Gasteiger partial charge >= 0.3 is 0 Å². The zero-order chi connectivity index (χ0) is 14.4. The van der Waals surface area contributed by atoms with Crippen molar-refractivity contribution in [3.63, 3.8) is 0 Å². The van der Waals surface area contributed by atoms with Crippen LogP contribution >= 0.6 is 0 Å². The quantitative estimate of drug-likeness (QED) is 0.868. The number of nitrogens with zero attached hydrogens (tertiary/aromatic N) is 2. The highest BCUT2D eigenvalue weighted by molar-refractivity contribution is 5.96. The molecule has 3 N–H and O–H groups in total. The van der Waals surface area contributed by atoms with Gasteiger partial charge in [0, 0.05) is 18.4 Å². The number of carbonyl (C=O) groups is 1. The van der Waals surface area contributed by atoms with E-state index in [0.717, 1.165) is 12.8 Å². The van der Waals surface area contributed by atoms with E-state index >= 15 is 0 Å². The third kappa shape index (κ3) is 3.78. The van der Waals surface area contributed by atoms with Crippen molar-refractivity contribution in [1.82, 2.24) is 15.3 Å². The van der Waals surface area contributed by atoms with Gasteiger partial charge in [-0.3, -0.25) is 4.79 Å². The van der Waals surface area contributed by atoms with Crippen LogP contribution in [0, 0.1) is 0 Å². The highest BCUT2D eigenvalue weighted by atomic mass is 16.2. The Labute approximate surface area is 118 Å². The first-order valence-corrected chi connectivity index (χ1v) is 6.58. The Kier molecular flexibility index (Phi) is 4.65. The number of carbonyl (C=O) groups excluding carboxylic acids is 1. The van der Waals surface area contributed by atoms with Gasteiger partial charge in [0.2, 0.25) is 0 Å². The maximum absolute atomic E-state index is 12.0. The molecule has 1 aromatic carbocycles. The van der Waals surface area contributed by atoms with Crippen molar-refractivity contribution < 1.29 is 4.79 Å². The average molecular weight is 270 g/mol. The molecule has 5 heteroatoms. The largest absolute Gasteiger partial charge is 0.382 e. The maximum atomic E-state index is 12.0. The SMILES string of the molecule is CC(CCc1ccccc1)NC(=O)c1nccnc1N. The average Bonchev–Trinajstić information content (AvgIpc) is 2.46. The number of hydrogen-bond donors (Lipinski definition) is 2. The molecule has 0 saturated heterocycles. The van der Waals surface area contributed by atoms with Crippen molar-refractivity contribution in [2.75, 3.05) is 5.73 Å². The molecular weight excluding hydrogens is 252 g/mol. The minimum atomic E-state index is -0.281. The Hall–Kier alpha value is -2.43. The summed E-state index contributed by atoms with van der Waals surface area (Å²) in [5, 5.41) is 2.89. The summed E-state index contributed by atoms with van der Waals surface area (Å²) in [6, 6.07) is 10.2. The molecule has 1 unspecified atom stereocenters. The Bertz CT molecular complexity index is 571. The van der Waals surface area contributed by atoms with E-state index in [9.17, 15) is 4.79 Å². The number of nitrogens with one attached hydrogen (secondary N) is 1. The summed E-state index contributed by atoms with van der Waals surface area (Å²) >= 11 is 0. The predicted octanol–water partition coefficient (Wildman–Crippen LogP) is 1.81. The van der Waals surface area contributed by atoms with Crippen LogP contribution in [0.4, 0.5) is 5.82 Å². The molecule has 1 heterocycles. The number of benzene rings is 1. The number of nitrogens with two attached hydrogens (primary N) is 1. The monoisotopic (exact) mass is 270 g/mol. The van der Waals surface area contributed by atoms with E-state index in [2.05, 4.69) is 27.4 Å². The molecule has 2 aromatic rings. The summed E-state index contributed by atoms with van der Waals surface area (Å²) in [6.07, 6.45) is 4.69. The van der Waals surface area contributed by atoms with Crippen LogP contribution in [0.15, 0.2) is 42.7 Å². The number of aryl methyl sites for hydroxylation is 1. The molecule has 1 atom stereocenters. The van der Waals surface area contributed by atoms with Gasteiger partial charge in [0.25, 0.3) is 5.91 Å². The summed E-state index contributed by atoms with van der Waals surface area (Å²) in [5.74, 6) is -0.128. The molecule has 20 heavy (non-hydrogen) atoms. The lowest BCUT2D eigenvalue weighted by molar-refractivity contribution is 0.0934. The first-order valence-electron chi connectivity index (χ1n) is 6.58. The van der Waals surface area contributed by atoms with Crippen LogP contribution in [0.5, 0.6) is 0 Å². The first kappa shape index (κ1) is 14.0. The van der Waals surface area contributed by atoms with Crippen LogP contribution < -0.4 is 11.1 Å². The van der Waals surface area contributed by atoms with Gasteiger partial charge in [-0.25, -0.2) is 9.97 Å². The number of hydrogen-bond acceptors (Lipinski definition) is 4. The summed E-state index contributed by atoms with van der Waals surface area (Å²) in [4.78, 5) is 19.8. The fourth-order valence-electron chi connectivity index (χ4n) is 1.92. The lowest BCUT2D eigenvalue weighted by Gasteiger charge is -2.14. The maximum Gasteiger partial charge on any atom is 0.273 e. The van der Waals surface area contributed by atoms with Crippen molar-refractivity contribution in [2.24, 2.45) is 0 Å². The van der Waals surface area contributed by atoms with Gasteiger partial charge in [0.1, 0.15) is 0 Å². The molecule has 104 valence electrons. The third-order valence-electron chi connectivity index (χ3n) is 3.03. The molecule has 0 spiro atoms. The molecule has 0 aliphatic rings. The summed E-state index contributed by atoms with van der Waals surface area (Å²) < 4.78 is 0. The van der Waals surface area contributed by atoms with Gasteiger partial charge in [-0.2, -0.15) is 0 Å². The van der Waals surface area contributed by atoms with Crippen molar-refractivity contribution >= 4 is 11.7 Å². The summed E-state index contributed by atoms with van der Waals surface area (Å²) in [5.41, 5.74) is 7.06. The molecule has 2 rings (SSSR count). The van der Waals surface area contributed by atoms with E-state index < -0.39 is 0 Å². The van der Waals surface area contributed by atoms with E-state index in [1.807, 2.05) is 25.1 Å². The number of anilines is 1. The fourth-order valence-corrected chi connectivity index (χ4v) is 1.92. The first-order chi connectivity index (χ1) is 9.66. The number of amides is 1. The van der Waals surface area contributed by atoms with Crippen LogP contribution in [0.2, 0.25) is 0 Å². The van der Waals surface area contributed by atoms with Crippen LogP contribution in [0.3, 0.4) is 0 Å². The fraction of sp³-hybridized carbons (Fsp3) is 0.267. The van der Waals surface area contributed by atoms with Crippen LogP contribution in [-0.4, -0.2) is 21.9 Å². The number of nitrogen functional groups attached to an aromatic ring is 1. The summed E-state index contributed by atoms with van der Waals surface area (Å²) in [7, 11) is 0. The standard InChI is InChI=1S/C15H18N4O/c1-11(7-8-12-5-3-2-4-6-12)19-15(20)13-14(16)18-10-9-17-13/h2-6,9-11H,7-8H2,1H3,(H2,16,18)(H,19,20). The molecule has 0 radical (unpaired) electrons. The topological polar surface area (TPSA) is 80.9 Å². The number of aromatic nitrogens is 2. The van der Waals surface area contributed by atoms with E-state index in [1.165, 1.54) is 18.0 Å². The second-order valence-corrected chi connectivity index (χ2v) is 4.69. The van der Waals surface area contributed by atoms with Gasteiger partial charge in [0.05, 0.1) is 0 Å². The van der Waals surface area contributed by atoms with Gasteiger partial charge < -0.3 is 11.1 Å². The molecule has 5 nitrogen and oxygen atoms in total. The van der Waals surface area contributed by atoms with Crippen molar-refractivity contribution in [1.29, 1.82) is 0 Å². The van der Waals surface area contributed by atoms with E-state index in [4.69, 9.17) is 5.73 Å². The zero-order valence-corrected chi connectivity index (χ0v) is 11.4. The normalized spacial score (nSPS) is 11.8. The second kappa shape index (κ2) is 6.65.